The fourth-order valence-electron chi connectivity index (χ4n) is 2.87. The van der Waals surface area contributed by atoms with Gasteiger partial charge >= 0.3 is 0 Å². The van der Waals surface area contributed by atoms with E-state index in [0.717, 1.165) is 29.7 Å². The van der Waals surface area contributed by atoms with Gasteiger partial charge in [-0.25, -0.2) is 9.97 Å². The minimum atomic E-state index is -0.143. The molecule has 0 bridgehead atoms. The number of fused-ring (bicyclic) bond motifs is 1. The summed E-state index contributed by atoms with van der Waals surface area (Å²) in [5.74, 6) is 0.390. The molecule has 25 heavy (non-hydrogen) atoms. The maximum absolute atomic E-state index is 12.4. The Bertz CT molecular complexity index is 889. The Balaban J connectivity index is 0.00000182. The van der Waals surface area contributed by atoms with Gasteiger partial charge in [0, 0.05) is 17.9 Å². The highest BCUT2D eigenvalue weighted by Gasteiger charge is 2.26. The van der Waals surface area contributed by atoms with Crippen molar-refractivity contribution in [3.8, 4) is 0 Å². The van der Waals surface area contributed by atoms with Crippen LogP contribution in [0.4, 0.5) is 5.95 Å². The van der Waals surface area contributed by atoms with Crippen LogP contribution in [0.2, 0.25) is 5.15 Å². The number of nitrogens with zero attached hydrogens (tertiary/aromatic N) is 4. The zero-order chi connectivity index (χ0) is 16.5. The Morgan fingerprint density at radius 3 is 2.76 bits per heavy atom. The number of aromatic nitrogens is 4. The number of anilines is 1. The molecule has 130 valence electrons. The van der Waals surface area contributed by atoms with Gasteiger partial charge in [-0.2, -0.15) is 0 Å². The molecule has 0 radical (unpaired) electrons. The van der Waals surface area contributed by atoms with Crippen molar-refractivity contribution in [2.75, 3.05) is 5.32 Å². The van der Waals surface area contributed by atoms with Gasteiger partial charge in [0.25, 0.3) is 0 Å². The van der Waals surface area contributed by atoms with E-state index in [4.69, 9.17) is 11.6 Å². The van der Waals surface area contributed by atoms with Crippen molar-refractivity contribution in [2.45, 2.75) is 39.2 Å². The first-order valence-electron chi connectivity index (χ1n) is 7.95. The van der Waals surface area contributed by atoms with Crippen LogP contribution in [0.1, 0.15) is 38.4 Å². The second-order valence-corrected chi connectivity index (χ2v) is 6.30. The van der Waals surface area contributed by atoms with E-state index >= 15 is 0 Å². The topological polar surface area (TPSA) is 72.7 Å². The molecular weight excluding hydrogens is 338 g/mol. The number of rotatable bonds is 4. The minimum absolute atomic E-state index is 0. The minimum Gasteiger partial charge on any atom is -0.296 e. The molecule has 0 unspecified atom stereocenters. The highest BCUT2D eigenvalue weighted by atomic mass is 35.5. The molecule has 1 N–H and O–H groups in total. The van der Waals surface area contributed by atoms with E-state index < -0.39 is 0 Å². The van der Waals surface area contributed by atoms with Crippen LogP contribution in [0, 0.1) is 0 Å². The maximum Gasteiger partial charge on any atom is 0.232 e. The molecule has 4 rings (SSSR count). The average Bonchev–Trinajstić information content (AvgIpc) is 2.84. The lowest BCUT2D eigenvalue weighted by molar-refractivity contribution is -0.115. The van der Waals surface area contributed by atoms with E-state index in [2.05, 4.69) is 20.3 Å². The van der Waals surface area contributed by atoms with Crippen LogP contribution >= 0.6 is 11.6 Å². The third kappa shape index (κ3) is 3.49. The van der Waals surface area contributed by atoms with Gasteiger partial charge in [-0.15, -0.1) is 0 Å². The third-order valence-corrected chi connectivity index (χ3v) is 4.47. The summed E-state index contributed by atoms with van der Waals surface area (Å²) in [6, 6.07) is 9.37. The first kappa shape index (κ1) is 17.4. The van der Waals surface area contributed by atoms with Crippen molar-refractivity contribution in [3.63, 3.8) is 0 Å². The van der Waals surface area contributed by atoms with E-state index in [-0.39, 0.29) is 19.8 Å². The molecule has 0 atom stereocenters. The van der Waals surface area contributed by atoms with Crippen LogP contribution in [0.15, 0.2) is 36.5 Å². The highest BCUT2D eigenvalue weighted by molar-refractivity contribution is 6.29. The normalized spacial score (nSPS) is 14.0. The largest absolute Gasteiger partial charge is 0.296 e. The van der Waals surface area contributed by atoms with Gasteiger partial charge in [-0.1, -0.05) is 25.1 Å². The van der Waals surface area contributed by atoms with Gasteiger partial charge in [-0.3, -0.25) is 19.7 Å². The number of hydrogen-bond donors (Lipinski definition) is 1. The summed E-state index contributed by atoms with van der Waals surface area (Å²) in [5.41, 5.74) is 2.18. The van der Waals surface area contributed by atoms with Crippen molar-refractivity contribution in [1.82, 2.24) is 19.5 Å². The van der Waals surface area contributed by atoms with E-state index in [1.165, 1.54) is 6.42 Å². The number of pyridine rings is 2. The monoisotopic (exact) mass is 357 g/mol. The first-order valence-corrected chi connectivity index (χ1v) is 8.33. The van der Waals surface area contributed by atoms with E-state index in [1.54, 1.807) is 12.3 Å². The zero-order valence-corrected chi connectivity index (χ0v) is 13.7. The van der Waals surface area contributed by atoms with Crippen molar-refractivity contribution < 1.29 is 4.79 Å². The van der Waals surface area contributed by atoms with Crippen LogP contribution in [-0.2, 0) is 11.2 Å². The SMILES string of the molecule is C.O=C(Cc1ccccn1)Nc1nc2ccc(Cl)nc2n1C1CCC1. The molecule has 3 aromatic heterocycles. The lowest BCUT2D eigenvalue weighted by Crippen LogP contribution is -2.23. The standard InChI is InChI=1S/C17H16ClN5O.CH4/c18-14-8-7-13-16(21-14)23(12-5-3-6-12)17(20-13)22-15(24)10-11-4-1-2-9-19-11;/h1-2,4,7-9,12H,3,5-6,10H2,(H,20,22,24);1H4. The van der Waals surface area contributed by atoms with Gasteiger partial charge in [0.05, 0.1) is 6.42 Å². The molecule has 1 amide bonds. The number of halogens is 1. The van der Waals surface area contributed by atoms with Gasteiger partial charge in [-0.05, 0) is 43.5 Å². The number of imidazole rings is 1. The Labute approximate surface area is 151 Å². The maximum atomic E-state index is 12.4. The van der Waals surface area contributed by atoms with Gasteiger partial charge < -0.3 is 0 Å². The third-order valence-electron chi connectivity index (χ3n) is 4.26. The van der Waals surface area contributed by atoms with Crippen molar-refractivity contribution in [2.24, 2.45) is 0 Å². The summed E-state index contributed by atoms with van der Waals surface area (Å²) in [4.78, 5) is 25.5. The zero-order valence-electron chi connectivity index (χ0n) is 12.9. The van der Waals surface area contributed by atoms with Crippen LogP contribution in [0.3, 0.4) is 0 Å². The summed E-state index contributed by atoms with van der Waals surface area (Å²) >= 11 is 6.03. The first-order chi connectivity index (χ1) is 11.7. The summed E-state index contributed by atoms with van der Waals surface area (Å²) in [5, 5.41) is 3.33. The molecule has 1 aliphatic carbocycles. The van der Waals surface area contributed by atoms with Gasteiger partial charge in [0.1, 0.15) is 10.7 Å². The molecule has 1 fully saturated rings. The van der Waals surface area contributed by atoms with Crippen molar-refractivity contribution in [3.05, 3.63) is 47.4 Å². The van der Waals surface area contributed by atoms with Crippen LogP contribution < -0.4 is 5.32 Å². The van der Waals surface area contributed by atoms with Gasteiger partial charge in [0.15, 0.2) is 5.65 Å². The fourth-order valence-corrected chi connectivity index (χ4v) is 3.01. The van der Waals surface area contributed by atoms with Gasteiger partial charge in [0.2, 0.25) is 11.9 Å². The molecule has 0 spiro atoms. The molecule has 1 saturated carbocycles. The molecular formula is C18H20ClN5O. The second-order valence-electron chi connectivity index (χ2n) is 5.91. The lowest BCUT2D eigenvalue weighted by Gasteiger charge is -2.28. The van der Waals surface area contributed by atoms with E-state index in [1.807, 2.05) is 28.8 Å². The Hall–Kier alpha value is -2.47. The molecule has 0 saturated heterocycles. The molecule has 3 heterocycles. The summed E-state index contributed by atoms with van der Waals surface area (Å²) in [6.45, 7) is 0. The number of amides is 1. The molecule has 1 aliphatic rings. The van der Waals surface area contributed by atoms with Crippen LogP contribution in [0.25, 0.3) is 11.2 Å². The second kappa shape index (κ2) is 7.19. The Kier molecular flexibility index (Phi) is 4.99. The van der Waals surface area contributed by atoms with Crippen molar-refractivity contribution in [1.29, 1.82) is 0 Å². The predicted molar refractivity (Wildman–Crippen MR) is 98.7 cm³/mol. The van der Waals surface area contributed by atoms with Crippen molar-refractivity contribution >= 4 is 34.6 Å². The Morgan fingerprint density at radius 2 is 2.08 bits per heavy atom. The summed E-state index contributed by atoms with van der Waals surface area (Å²) in [6.07, 6.45) is 5.18. The lowest BCUT2D eigenvalue weighted by atomic mass is 9.93. The molecule has 0 aromatic carbocycles. The number of carbonyl (C=O) groups is 1. The summed E-state index contributed by atoms with van der Waals surface area (Å²) in [7, 11) is 0. The Morgan fingerprint density at radius 1 is 1.24 bits per heavy atom. The number of hydrogen-bond acceptors (Lipinski definition) is 4. The fraction of sp³-hybridized carbons (Fsp3) is 0.333. The molecule has 0 aliphatic heterocycles. The average molecular weight is 358 g/mol. The molecule has 7 heteroatoms. The molecule has 6 nitrogen and oxygen atoms in total. The quantitative estimate of drug-likeness (QED) is 0.716. The molecule has 3 aromatic rings. The predicted octanol–water partition coefficient (Wildman–Crippen LogP) is 4.02. The van der Waals surface area contributed by atoms with Crippen LogP contribution in [0.5, 0.6) is 0 Å². The number of nitrogens with one attached hydrogen (secondary N) is 1. The van der Waals surface area contributed by atoms with E-state index in [0.29, 0.717) is 17.1 Å². The van der Waals surface area contributed by atoms with Crippen LogP contribution in [-0.4, -0.2) is 25.4 Å². The number of carbonyl (C=O) groups excluding carboxylic acids is 1. The van der Waals surface area contributed by atoms with E-state index in [9.17, 15) is 4.79 Å². The smallest absolute Gasteiger partial charge is 0.232 e. The summed E-state index contributed by atoms with van der Waals surface area (Å²) < 4.78 is 2.00. The highest BCUT2D eigenvalue weighted by Crippen LogP contribution is 2.36.